The number of ether oxygens (including phenoxy) is 1. The number of carbonyl (C=O) groups is 1. The average molecular weight is 401 g/mol. The molecule has 1 amide bonds. The molecule has 3 rings (SSSR count). The molecule has 0 aromatic heterocycles. The Morgan fingerprint density at radius 1 is 1.19 bits per heavy atom. The van der Waals surface area contributed by atoms with Crippen molar-refractivity contribution in [1.82, 2.24) is 4.90 Å². The second-order valence-electron chi connectivity index (χ2n) is 6.27. The molecule has 2 aromatic carbocycles. The van der Waals surface area contributed by atoms with Crippen molar-refractivity contribution in [3.05, 3.63) is 69.2 Å². The highest BCUT2D eigenvalue weighted by atomic mass is 35.5. The van der Waals surface area contributed by atoms with Crippen molar-refractivity contribution in [1.29, 1.82) is 5.26 Å². The van der Waals surface area contributed by atoms with Gasteiger partial charge in [0.15, 0.2) is 0 Å². The number of hydrogen-bond acceptors (Lipinski definition) is 3. The van der Waals surface area contributed by atoms with E-state index in [9.17, 15) is 10.1 Å². The smallest absolute Gasteiger partial charge is 0.264 e. The minimum absolute atomic E-state index is 0.134. The van der Waals surface area contributed by atoms with Gasteiger partial charge in [-0.15, -0.1) is 0 Å². The normalized spacial score (nSPS) is 14.1. The van der Waals surface area contributed by atoms with E-state index in [-0.39, 0.29) is 11.5 Å². The molecule has 1 saturated heterocycles. The molecule has 1 aliphatic rings. The van der Waals surface area contributed by atoms with E-state index in [1.54, 1.807) is 29.2 Å². The maximum atomic E-state index is 12.4. The predicted octanol–water partition coefficient (Wildman–Crippen LogP) is 5.10. The summed E-state index contributed by atoms with van der Waals surface area (Å²) < 4.78 is 5.79. The van der Waals surface area contributed by atoms with Gasteiger partial charge in [-0.2, -0.15) is 5.26 Å². The summed E-state index contributed by atoms with van der Waals surface area (Å²) in [6.45, 7) is 1.71. The van der Waals surface area contributed by atoms with E-state index in [4.69, 9.17) is 27.9 Å². The van der Waals surface area contributed by atoms with E-state index in [1.807, 2.05) is 30.3 Å². The molecular formula is C21H18Cl2N2O2. The molecule has 0 spiro atoms. The summed E-state index contributed by atoms with van der Waals surface area (Å²) in [5.41, 5.74) is 1.69. The average Bonchev–Trinajstić information content (AvgIpc) is 3.20. The summed E-state index contributed by atoms with van der Waals surface area (Å²) >= 11 is 12.1. The van der Waals surface area contributed by atoms with Crippen LogP contribution in [0.25, 0.3) is 6.08 Å². The van der Waals surface area contributed by atoms with Crippen molar-refractivity contribution in [2.24, 2.45) is 0 Å². The first-order valence-electron chi connectivity index (χ1n) is 8.64. The first kappa shape index (κ1) is 19.3. The van der Waals surface area contributed by atoms with Crippen LogP contribution in [0.5, 0.6) is 5.75 Å². The van der Waals surface area contributed by atoms with Gasteiger partial charge in [0, 0.05) is 28.7 Å². The number of nitriles is 1. The van der Waals surface area contributed by atoms with Crippen LogP contribution in [0.15, 0.2) is 48.0 Å². The topological polar surface area (TPSA) is 53.3 Å². The Bertz CT molecular complexity index is 913. The molecule has 0 atom stereocenters. The molecule has 1 heterocycles. The van der Waals surface area contributed by atoms with Gasteiger partial charge < -0.3 is 9.64 Å². The second kappa shape index (κ2) is 8.94. The van der Waals surface area contributed by atoms with Gasteiger partial charge in [-0.25, -0.2) is 0 Å². The maximum Gasteiger partial charge on any atom is 0.264 e. The van der Waals surface area contributed by atoms with E-state index in [0.717, 1.165) is 24.0 Å². The molecule has 0 radical (unpaired) electrons. The minimum atomic E-state index is -0.214. The number of nitrogens with zero attached hydrogens (tertiary/aromatic N) is 2. The van der Waals surface area contributed by atoms with Gasteiger partial charge in [-0.05, 0) is 48.7 Å². The van der Waals surface area contributed by atoms with Crippen LogP contribution < -0.4 is 4.74 Å². The molecule has 138 valence electrons. The quantitative estimate of drug-likeness (QED) is 0.517. The number of amides is 1. The first-order chi connectivity index (χ1) is 13.1. The fraction of sp³-hybridized carbons (Fsp3) is 0.238. The molecule has 0 saturated carbocycles. The Labute approximate surface area is 168 Å². The standard InChI is InChI=1S/C21H18Cl2N2O2/c22-18-7-6-16(20(23)12-18)14-27-19-5-3-4-15(11-19)10-17(13-24)21(26)25-8-1-2-9-25/h3-7,10-12H,1-2,8-9,14H2/b17-10+. The molecule has 4 nitrogen and oxygen atoms in total. The largest absolute Gasteiger partial charge is 0.489 e. The molecule has 6 heteroatoms. The maximum absolute atomic E-state index is 12.4. The summed E-state index contributed by atoms with van der Waals surface area (Å²) in [4.78, 5) is 14.1. The van der Waals surface area contributed by atoms with Gasteiger partial charge >= 0.3 is 0 Å². The SMILES string of the molecule is N#C/C(=C\c1cccc(OCc2ccc(Cl)cc2Cl)c1)C(=O)N1CCCC1. The zero-order chi connectivity index (χ0) is 19.2. The Morgan fingerprint density at radius 3 is 2.67 bits per heavy atom. The van der Waals surface area contributed by atoms with Gasteiger partial charge in [0.25, 0.3) is 5.91 Å². The summed E-state index contributed by atoms with van der Waals surface area (Å²) in [5.74, 6) is 0.412. The van der Waals surface area contributed by atoms with Gasteiger partial charge in [-0.3, -0.25) is 4.79 Å². The van der Waals surface area contributed by atoms with Gasteiger partial charge in [0.1, 0.15) is 24.0 Å². The molecule has 27 heavy (non-hydrogen) atoms. The van der Waals surface area contributed by atoms with Crippen LogP contribution in [0.1, 0.15) is 24.0 Å². The number of likely N-dealkylation sites (tertiary alicyclic amines) is 1. The third-order valence-corrected chi connectivity index (χ3v) is 4.91. The molecule has 0 aliphatic carbocycles. The van der Waals surface area contributed by atoms with Gasteiger partial charge in [-0.1, -0.05) is 41.4 Å². The van der Waals surface area contributed by atoms with E-state index in [0.29, 0.717) is 35.5 Å². The predicted molar refractivity (Wildman–Crippen MR) is 107 cm³/mol. The molecule has 2 aromatic rings. The van der Waals surface area contributed by atoms with Crippen LogP contribution in [-0.4, -0.2) is 23.9 Å². The van der Waals surface area contributed by atoms with E-state index in [2.05, 4.69) is 0 Å². The molecule has 0 N–H and O–H groups in total. The second-order valence-corrected chi connectivity index (χ2v) is 7.11. The molecule has 0 bridgehead atoms. The van der Waals surface area contributed by atoms with E-state index >= 15 is 0 Å². The van der Waals surface area contributed by atoms with E-state index < -0.39 is 0 Å². The van der Waals surface area contributed by atoms with Crippen LogP contribution in [0, 0.1) is 11.3 Å². The van der Waals surface area contributed by atoms with Crippen molar-refractivity contribution in [2.75, 3.05) is 13.1 Å². The molecule has 1 fully saturated rings. The van der Waals surface area contributed by atoms with E-state index in [1.165, 1.54) is 0 Å². The summed E-state index contributed by atoms with van der Waals surface area (Å²) in [5, 5.41) is 10.5. The first-order valence-corrected chi connectivity index (χ1v) is 9.40. The van der Waals surface area contributed by atoms with Crippen LogP contribution in [0.4, 0.5) is 0 Å². The Kier molecular flexibility index (Phi) is 6.39. The molecule has 0 unspecified atom stereocenters. The lowest BCUT2D eigenvalue weighted by atomic mass is 10.1. The summed E-state index contributed by atoms with van der Waals surface area (Å²) in [7, 11) is 0. The zero-order valence-corrected chi connectivity index (χ0v) is 16.1. The number of halogens is 2. The number of rotatable bonds is 5. The number of hydrogen-bond donors (Lipinski definition) is 0. The summed E-state index contributed by atoms with van der Waals surface area (Å²) in [6.07, 6.45) is 3.57. The Morgan fingerprint density at radius 2 is 1.96 bits per heavy atom. The lowest BCUT2D eigenvalue weighted by Gasteiger charge is -2.14. The Balaban J connectivity index is 1.72. The van der Waals surface area contributed by atoms with Crippen LogP contribution in [-0.2, 0) is 11.4 Å². The monoisotopic (exact) mass is 400 g/mol. The highest BCUT2D eigenvalue weighted by Gasteiger charge is 2.21. The lowest BCUT2D eigenvalue weighted by Crippen LogP contribution is -2.28. The highest BCUT2D eigenvalue weighted by Crippen LogP contribution is 2.24. The minimum Gasteiger partial charge on any atom is -0.489 e. The van der Waals surface area contributed by atoms with Gasteiger partial charge in [0.05, 0.1) is 0 Å². The van der Waals surface area contributed by atoms with Crippen molar-refractivity contribution < 1.29 is 9.53 Å². The van der Waals surface area contributed by atoms with Crippen molar-refractivity contribution in [2.45, 2.75) is 19.4 Å². The Hall–Kier alpha value is -2.48. The van der Waals surface area contributed by atoms with Gasteiger partial charge in [0.2, 0.25) is 0 Å². The molecular weight excluding hydrogens is 383 g/mol. The van der Waals surface area contributed by atoms with Crippen LogP contribution in [0.2, 0.25) is 10.0 Å². The lowest BCUT2D eigenvalue weighted by molar-refractivity contribution is -0.125. The third kappa shape index (κ3) is 5.03. The van der Waals surface area contributed by atoms with Crippen LogP contribution >= 0.6 is 23.2 Å². The van der Waals surface area contributed by atoms with Crippen molar-refractivity contribution in [3.8, 4) is 11.8 Å². The van der Waals surface area contributed by atoms with Crippen molar-refractivity contribution in [3.63, 3.8) is 0 Å². The summed E-state index contributed by atoms with van der Waals surface area (Å²) in [6, 6.07) is 14.5. The number of benzene rings is 2. The highest BCUT2D eigenvalue weighted by molar-refractivity contribution is 6.35. The zero-order valence-electron chi connectivity index (χ0n) is 14.6. The van der Waals surface area contributed by atoms with Crippen molar-refractivity contribution >= 4 is 35.2 Å². The molecule has 1 aliphatic heterocycles. The fourth-order valence-electron chi connectivity index (χ4n) is 2.89. The fourth-order valence-corrected chi connectivity index (χ4v) is 3.36. The number of carbonyl (C=O) groups excluding carboxylic acids is 1. The third-order valence-electron chi connectivity index (χ3n) is 4.32. The van der Waals surface area contributed by atoms with Crippen LogP contribution in [0.3, 0.4) is 0 Å².